The summed E-state index contributed by atoms with van der Waals surface area (Å²) >= 11 is 0. The summed E-state index contributed by atoms with van der Waals surface area (Å²) < 4.78 is 2.57. The molecule has 12 rings (SSSR count). The Kier molecular flexibility index (Phi) is 6.48. The largest absolute Gasteiger partial charge is 0.363 e. The van der Waals surface area contributed by atoms with E-state index >= 15 is 0 Å². The van der Waals surface area contributed by atoms with E-state index in [1.807, 2.05) is 0 Å². The molecule has 0 fully saturated rings. The molecule has 0 saturated carbocycles. The van der Waals surface area contributed by atoms with Gasteiger partial charge in [0.2, 0.25) is 0 Å². The summed E-state index contributed by atoms with van der Waals surface area (Å²) in [4.78, 5) is 5.08. The van der Waals surface area contributed by atoms with Gasteiger partial charge in [0.05, 0.1) is 45.2 Å². The fourth-order valence-electron chi connectivity index (χ4n) is 10.5. The Morgan fingerprint density at radius 2 is 1.16 bits per heavy atom. The minimum atomic E-state index is 0.153. The average molecular weight is 712 g/mol. The first-order valence-corrected chi connectivity index (χ1v) is 19.9. The van der Waals surface area contributed by atoms with E-state index in [-0.39, 0.29) is 12.3 Å². The van der Waals surface area contributed by atoms with Crippen LogP contribution in [0.2, 0.25) is 0 Å². The van der Waals surface area contributed by atoms with Crippen molar-refractivity contribution in [2.24, 2.45) is 0 Å². The van der Waals surface area contributed by atoms with Crippen molar-refractivity contribution < 1.29 is 0 Å². The van der Waals surface area contributed by atoms with Crippen LogP contribution in [0.3, 0.4) is 0 Å². The van der Waals surface area contributed by atoms with Crippen molar-refractivity contribution in [3.05, 3.63) is 151 Å². The van der Waals surface area contributed by atoms with Crippen LogP contribution < -0.4 is 20.4 Å². The molecular weight excluding hydrogens is 671 g/mol. The predicted octanol–water partition coefficient (Wildman–Crippen LogP) is 13.3. The van der Waals surface area contributed by atoms with Crippen LogP contribution in [0.25, 0.3) is 60.2 Å². The summed E-state index contributed by atoms with van der Waals surface area (Å²) in [5.74, 6) is 0.381. The smallest absolute Gasteiger partial charge is 0.104 e. The van der Waals surface area contributed by atoms with Gasteiger partial charge in [0, 0.05) is 33.2 Å². The van der Waals surface area contributed by atoms with Crippen molar-refractivity contribution in [2.75, 3.05) is 20.4 Å². The lowest BCUT2D eigenvalue weighted by atomic mass is 9.85. The maximum Gasteiger partial charge on any atom is 0.104 e. The first-order chi connectivity index (χ1) is 27.2. The Hall–Kier alpha value is -6.46. The first-order valence-electron chi connectivity index (χ1n) is 19.9. The zero-order chi connectivity index (χ0) is 36.4. The van der Waals surface area contributed by atoms with E-state index in [1.54, 1.807) is 0 Å². The molecule has 266 valence electrons. The Labute approximate surface area is 320 Å². The highest BCUT2D eigenvalue weighted by Crippen LogP contribution is 2.55. The summed E-state index contributed by atoms with van der Waals surface area (Å²) in [6.07, 6.45) is 10.2. The van der Waals surface area contributed by atoms with Crippen molar-refractivity contribution in [3.8, 4) is 11.1 Å². The van der Waals surface area contributed by atoms with E-state index in [2.05, 4.69) is 184 Å². The van der Waals surface area contributed by atoms with E-state index in [1.165, 1.54) is 99.9 Å². The highest BCUT2D eigenvalue weighted by molar-refractivity contribution is 6.26. The summed E-state index contributed by atoms with van der Waals surface area (Å²) in [6, 6.07) is 47.9. The lowest BCUT2D eigenvalue weighted by molar-refractivity contribution is 0.730. The molecule has 1 aromatic heterocycles. The molecule has 0 saturated heterocycles. The second-order valence-electron chi connectivity index (χ2n) is 15.5. The number of anilines is 6. The fourth-order valence-corrected chi connectivity index (χ4v) is 10.5. The maximum atomic E-state index is 3.84. The lowest BCUT2D eigenvalue weighted by Crippen LogP contribution is -2.31. The molecule has 4 aliphatic rings. The van der Waals surface area contributed by atoms with E-state index in [4.69, 9.17) is 0 Å². The van der Waals surface area contributed by atoms with E-state index in [9.17, 15) is 0 Å². The van der Waals surface area contributed by atoms with Gasteiger partial charge in [-0.1, -0.05) is 105 Å². The minimum absolute atomic E-state index is 0.153. The molecule has 1 aliphatic carbocycles. The molecule has 4 heterocycles. The molecule has 8 aromatic rings. The SMILES string of the molecule is CCC1Nc2ccccc2N1c1cccc2c(-c3ccc4c5c3c3ccccc3n5C3=CC=CCC34)c3cccc(N4c5ccccc5NC4CC)c3cc12. The number of fused-ring (bicyclic) bond motifs is 10. The van der Waals surface area contributed by atoms with Crippen LogP contribution in [0, 0.1) is 0 Å². The van der Waals surface area contributed by atoms with Crippen LogP contribution in [0.4, 0.5) is 34.1 Å². The standard InChI is InChI=1S/C50H41N5/c1-3-46-51-38-19-7-11-23-44(38)53(46)42-25-13-17-31-36(42)29-37-32(18-14-26-43(37)54-45-24-12-8-20-39(45)52-47(54)4-2)48(31)35-28-27-33-30-15-5-9-21-40(30)55-41-22-10-6-16-34(41)49(35)50(33)55/h5-14,16-30,46-47,51-52H,3-4,15H2,1-2H3. The second-order valence-corrected chi connectivity index (χ2v) is 15.5. The van der Waals surface area contributed by atoms with Crippen molar-refractivity contribution in [1.29, 1.82) is 0 Å². The van der Waals surface area contributed by atoms with Gasteiger partial charge >= 0.3 is 0 Å². The highest BCUT2D eigenvalue weighted by atomic mass is 15.3. The zero-order valence-electron chi connectivity index (χ0n) is 31.1. The molecule has 0 spiro atoms. The molecule has 3 atom stereocenters. The molecule has 5 nitrogen and oxygen atoms in total. The van der Waals surface area contributed by atoms with E-state index in [0.29, 0.717) is 5.92 Å². The molecular formula is C50H41N5. The van der Waals surface area contributed by atoms with Crippen molar-refractivity contribution >= 4 is 83.2 Å². The Bertz CT molecular complexity index is 2870. The molecule has 2 N–H and O–H groups in total. The minimum Gasteiger partial charge on any atom is -0.363 e. The van der Waals surface area contributed by atoms with Gasteiger partial charge < -0.3 is 25.0 Å². The Morgan fingerprint density at radius 3 is 1.82 bits per heavy atom. The zero-order valence-corrected chi connectivity index (χ0v) is 31.1. The second kappa shape index (κ2) is 11.5. The number of hydrogen-bond acceptors (Lipinski definition) is 4. The summed E-state index contributed by atoms with van der Waals surface area (Å²) in [6.45, 7) is 4.56. The topological polar surface area (TPSA) is 35.5 Å². The lowest BCUT2D eigenvalue weighted by Gasteiger charge is -2.30. The van der Waals surface area contributed by atoms with Crippen LogP contribution >= 0.6 is 0 Å². The number of nitrogens with one attached hydrogen (secondary N) is 2. The maximum absolute atomic E-state index is 3.84. The van der Waals surface area contributed by atoms with Crippen LogP contribution in [0.15, 0.2) is 146 Å². The van der Waals surface area contributed by atoms with Gasteiger partial charge in [0.15, 0.2) is 0 Å². The molecule has 3 aliphatic heterocycles. The number of nitrogens with zero attached hydrogens (tertiary/aromatic N) is 3. The third-order valence-electron chi connectivity index (χ3n) is 12.8. The number of aromatic nitrogens is 1. The number of allylic oxidation sites excluding steroid dienone is 4. The Balaban J connectivity index is 1.22. The van der Waals surface area contributed by atoms with Crippen molar-refractivity contribution in [3.63, 3.8) is 0 Å². The summed E-state index contributed by atoms with van der Waals surface area (Å²) in [7, 11) is 0. The van der Waals surface area contributed by atoms with Gasteiger partial charge in [-0.2, -0.15) is 0 Å². The van der Waals surface area contributed by atoms with Gasteiger partial charge in [-0.15, -0.1) is 0 Å². The predicted molar refractivity (Wildman–Crippen MR) is 233 cm³/mol. The molecule has 5 heteroatoms. The summed E-state index contributed by atoms with van der Waals surface area (Å²) in [5, 5.41) is 15.4. The average Bonchev–Trinajstić information content (AvgIpc) is 3.99. The quantitative estimate of drug-likeness (QED) is 0.174. The fraction of sp³-hybridized carbons (Fsp3) is 0.160. The van der Waals surface area contributed by atoms with Gasteiger partial charge in [-0.05, 0) is 101 Å². The third kappa shape index (κ3) is 4.13. The van der Waals surface area contributed by atoms with E-state index < -0.39 is 0 Å². The van der Waals surface area contributed by atoms with Crippen LogP contribution in [-0.4, -0.2) is 16.9 Å². The third-order valence-corrected chi connectivity index (χ3v) is 12.8. The normalized spacial score (nSPS) is 19.2. The molecule has 3 unspecified atom stereocenters. The molecule has 7 aromatic carbocycles. The Morgan fingerprint density at radius 1 is 0.582 bits per heavy atom. The van der Waals surface area contributed by atoms with Gasteiger partial charge in [-0.25, -0.2) is 0 Å². The van der Waals surface area contributed by atoms with Gasteiger partial charge in [-0.3, -0.25) is 0 Å². The van der Waals surface area contributed by atoms with Gasteiger partial charge in [0.1, 0.15) is 12.3 Å². The van der Waals surface area contributed by atoms with Crippen LogP contribution in [-0.2, 0) is 0 Å². The number of benzene rings is 7. The summed E-state index contributed by atoms with van der Waals surface area (Å²) in [5.41, 5.74) is 15.4. The van der Waals surface area contributed by atoms with Crippen LogP contribution in [0.5, 0.6) is 0 Å². The van der Waals surface area contributed by atoms with Crippen LogP contribution in [0.1, 0.15) is 44.6 Å². The highest BCUT2D eigenvalue weighted by Gasteiger charge is 2.35. The molecule has 0 bridgehead atoms. The van der Waals surface area contributed by atoms with Crippen molar-refractivity contribution in [1.82, 2.24) is 4.57 Å². The molecule has 55 heavy (non-hydrogen) atoms. The number of para-hydroxylation sites is 5. The number of rotatable bonds is 5. The van der Waals surface area contributed by atoms with Crippen molar-refractivity contribution in [2.45, 2.75) is 51.4 Å². The monoisotopic (exact) mass is 711 g/mol. The number of hydrogen-bond donors (Lipinski definition) is 2. The molecule has 0 radical (unpaired) electrons. The molecule has 0 amide bonds. The van der Waals surface area contributed by atoms with Gasteiger partial charge in [0.25, 0.3) is 0 Å². The first kappa shape index (κ1) is 30.9. The van der Waals surface area contributed by atoms with E-state index in [0.717, 1.165) is 19.3 Å².